The van der Waals surface area contributed by atoms with Gasteiger partial charge in [0.1, 0.15) is 0 Å². The van der Waals surface area contributed by atoms with Crippen LogP contribution in [0, 0.1) is 5.92 Å². The summed E-state index contributed by atoms with van der Waals surface area (Å²) in [6, 6.07) is 72.2. The average molecular weight is 834 g/mol. The van der Waals surface area contributed by atoms with Gasteiger partial charge in [0.05, 0.1) is 17.1 Å². The molecule has 0 radical (unpaired) electrons. The molecule has 0 amide bonds. The van der Waals surface area contributed by atoms with Gasteiger partial charge in [-0.1, -0.05) is 171 Å². The Bertz CT molecular complexity index is 3650. The zero-order valence-electron chi connectivity index (χ0n) is 35.9. The van der Waals surface area contributed by atoms with E-state index >= 15 is 0 Å². The SMILES string of the molecule is CC1CC=CC2C1c1cc3c4cc5ccccc5cc4n(-c4ccccc4)c3cc1N2c1ccc2c(-c3nc(-c4ccccc4)nc(-c4ccc(-c5ccccc5)cc4)n3)cccc2c1. The maximum Gasteiger partial charge on any atom is 0.164 e. The first kappa shape index (κ1) is 37.4. The summed E-state index contributed by atoms with van der Waals surface area (Å²) in [5, 5.41) is 7.34. The van der Waals surface area contributed by atoms with Gasteiger partial charge < -0.3 is 9.47 Å². The highest BCUT2D eigenvalue weighted by Gasteiger charge is 2.42. The lowest BCUT2D eigenvalue weighted by Gasteiger charge is -2.33. The van der Waals surface area contributed by atoms with Crippen LogP contribution in [-0.2, 0) is 0 Å². The summed E-state index contributed by atoms with van der Waals surface area (Å²) in [6.07, 6.45) is 5.92. The van der Waals surface area contributed by atoms with Gasteiger partial charge in [-0.3, -0.25) is 0 Å². The molecule has 9 aromatic carbocycles. The Morgan fingerprint density at radius 2 is 1.03 bits per heavy atom. The second kappa shape index (κ2) is 15.0. The highest BCUT2D eigenvalue weighted by molar-refractivity contribution is 6.15. The van der Waals surface area contributed by atoms with Crippen molar-refractivity contribution in [2.75, 3.05) is 4.90 Å². The van der Waals surface area contributed by atoms with E-state index in [1.54, 1.807) is 0 Å². The standard InChI is InChI=1S/C60H43N5/c1-38-15-13-26-53-57(38)52-36-51-50-34-43-20-11-12-21-44(43)35-54(50)64(46-23-9-4-10-24-46)55(51)37-56(52)65(53)47-31-32-48-45(33-47)22-14-25-49(48)60-62-58(41-18-7-3-8-19-41)61-59(63-60)42-29-27-40(28-30-42)39-16-5-2-6-17-39/h2-14,16-38,53,57H,15H2,1H3. The van der Waals surface area contributed by atoms with Crippen LogP contribution < -0.4 is 4.90 Å². The van der Waals surface area contributed by atoms with Crippen molar-refractivity contribution >= 4 is 54.7 Å². The van der Waals surface area contributed by atoms with Gasteiger partial charge in [0.2, 0.25) is 0 Å². The number of allylic oxidation sites excluding steroid dienone is 1. The van der Waals surface area contributed by atoms with Crippen molar-refractivity contribution in [1.29, 1.82) is 0 Å². The van der Waals surface area contributed by atoms with Crippen molar-refractivity contribution in [2.24, 2.45) is 5.92 Å². The third-order valence-corrected chi connectivity index (χ3v) is 13.8. The third kappa shape index (κ3) is 6.18. The average Bonchev–Trinajstić information content (AvgIpc) is 3.87. The fourth-order valence-electron chi connectivity index (χ4n) is 10.7. The minimum absolute atomic E-state index is 0.200. The van der Waals surface area contributed by atoms with Crippen LogP contribution in [-0.4, -0.2) is 25.6 Å². The van der Waals surface area contributed by atoms with Crippen LogP contribution in [0.25, 0.3) is 94.3 Å². The monoisotopic (exact) mass is 833 g/mol. The first-order valence-electron chi connectivity index (χ1n) is 22.7. The molecule has 1 aliphatic heterocycles. The van der Waals surface area contributed by atoms with Crippen LogP contribution in [0.1, 0.15) is 24.8 Å². The van der Waals surface area contributed by atoms with Crippen LogP contribution in [0.15, 0.2) is 212 Å². The Balaban J connectivity index is 0.962. The van der Waals surface area contributed by atoms with Crippen LogP contribution in [0.2, 0.25) is 0 Å². The molecule has 13 rings (SSSR count). The molecule has 2 aliphatic rings. The molecule has 2 aromatic heterocycles. The topological polar surface area (TPSA) is 46.8 Å². The van der Waals surface area contributed by atoms with Crippen LogP contribution >= 0.6 is 0 Å². The predicted octanol–water partition coefficient (Wildman–Crippen LogP) is 15.1. The van der Waals surface area contributed by atoms with Crippen LogP contribution in [0.3, 0.4) is 0 Å². The highest BCUT2D eigenvalue weighted by atomic mass is 15.2. The normalized spacial score (nSPS) is 16.7. The van der Waals surface area contributed by atoms with E-state index in [-0.39, 0.29) is 6.04 Å². The van der Waals surface area contributed by atoms with Crippen molar-refractivity contribution in [3.63, 3.8) is 0 Å². The van der Waals surface area contributed by atoms with Gasteiger partial charge in [-0.15, -0.1) is 0 Å². The van der Waals surface area contributed by atoms with Gasteiger partial charge in [-0.2, -0.15) is 0 Å². The summed E-state index contributed by atoms with van der Waals surface area (Å²) < 4.78 is 2.47. The van der Waals surface area contributed by atoms with E-state index in [4.69, 9.17) is 15.0 Å². The van der Waals surface area contributed by atoms with Gasteiger partial charge in [0.25, 0.3) is 0 Å². The molecule has 0 spiro atoms. The van der Waals surface area contributed by atoms with Gasteiger partial charge in [0, 0.05) is 50.4 Å². The molecule has 5 nitrogen and oxygen atoms in total. The largest absolute Gasteiger partial charge is 0.334 e. The number of benzene rings is 9. The summed E-state index contributed by atoms with van der Waals surface area (Å²) >= 11 is 0. The molecule has 308 valence electrons. The molecule has 0 N–H and O–H groups in total. The van der Waals surface area contributed by atoms with Crippen molar-refractivity contribution < 1.29 is 0 Å². The zero-order valence-corrected chi connectivity index (χ0v) is 35.9. The Hall–Kier alpha value is -8.15. The number of rotatable bonds is 6. The maximum absolute atomic E-state index is 5.20. The summed E-state index contributed by atoms with van der Waals surface area (Å²) in [4.78, 5) is 18.0. The lowest BCUT2D eigenvalue weighted by Crippen LogP contribution is -2.32. The van der Waals surface area contributed by atoms with E-state index in [1.807, 2.05) is 24.3 Å². The summed E-state index contributed by atoms with van der Waals surface area (Å²) in [5.41, 5.74) is 12.7. The Labute approximate surface area is 377 Å². The lowest BCUT2D eigenvalue weighted by molar-refractivity contribution is 0.429. The number of hydrogen-bond donors (Lipinski definition) is 0. The minimum atomic E-state index is 0.200. The number of anilines is 2. The van der Waals surface area contributed by atoms with E-state index in [9.17, 15) is 0 Å². The second-order valence-corrected chi connectivity index (χ2v) is 17.7. The molecule has 11 aromatic rings. The van der Waals surface area contributed by atoms with Gasteiger partial charge in [-0.05, 0) is 99.1 Å². The molecule has 1 aliphatic carbocycles. The molecule has 0 saturated heterocycles. The van der Waals surface area contributed by atoms with Crippen LogP contribution in [0.5, 0.6) is 0 Å². The van der Waals surface area contributed by atoms with E-state index in [0.717, 1.165) is 45.1 Å². The molecule has 0 bridgehead atoms. The third-order valence-electron chi connectivity index (χ3n) is 13.8. The smallest absolute Gasteiger partial charge is 0.164 e. The molecular formula is C60H43N5. The Morgan fingerprint density at radius 1 is 0.446 bits per heavy atom. The van der Waals surface area contributed by atoms with E-state index < -0.39 is 0 Å². The molecule has 3 heterocycles. The zero-order chi connectivity index (χ0) is 43.0. The first-order valence-corrected chi connectivity index (χ1v) is 22.7. The first-order chi connectivity index (χ1) is 32.1. The molecule has 0 fully saturated rings. The number of para-hydroxylation sites is 1. The minimum Gasteiger partial charge on any atom is -0.334 e. The van der Waals surface area contributed by atoms with Crippen molar-refractivity contribution in [2.45, 2.75) is 25.3 Å². The summed E-state index contributed by atoms with van der Waals surface area (Å²) in [5.74, 6) is 2.80. The molecule has 65 heavy (non-hydrogen) atoms. The lowest BCUT2D eigenvalue weighted by atomic mass is 9.78. The van der Waals surface area contributed by atoms with Gasteiger partial charge in [-0.25, -0.2) is 15.0 Å². The van der Waals surface area contributed by atoms with Crippen molar-refractivity contribution in [1.82, 2.24) is 19.5 Å². The number of aromatic nitrogens is 4. The van der Waals surface area contributed by atoms with E-state index in [1.165, 1.54) is 55.1 Å². The predicted molar refractivity (Wildman–Crippen MR) is 269 cm³/mol. The molecular weight excluding hydrogens is 791 g/mol. The molecule has 3 atom stereocenters. The number of fused-ring (bicyclic) bond motifs is 8. The van der Waals surface area contributed by atoms with Crippen molar-refractivity contribution in [3.05, 3.63) is 218 Å². The second-order valence-electron chi connectivity index (χ2n) is 17.7. The Kier molecular flexibility index (Phi) is 8.63. The number of nitrogens with zero attached hydrogens (tertiary/aromatic N) is 5. The highest BCUT2D eigenvalue weighted by Crippen LogP contribution is 2.54. The van der Waals surface area contributed by atoms with Crippen LogP contribution in [0.4, 0.5) is 11.4 Å². The van der Waals surface area contributed by atoms with Crippen molar-refractivity contribution in [3.8, 4) is 51.0 Å². The fraction of sp³-hybridized carbons (Fsp3) is 0.0833. The molecule has 0 saturated carbocycles. The number of hydrogen-bond acceptors (Lipinski definition) is 4. The van der Waals surface area contributed by atoms with Gasteiger partial charge >= 0.3 is 0 Å². The Morgan fingerprint density at radius 3 is 1.78 bits per heavy atom. The summed E-state index contributed by atoms with van der Waals surface area (Å²) in [6.45, 7) is 2.43. The molecule has 5 heteroatoms. The quantitative estimate of drug-likeness (QED) is 0.157. The van der Waals surface area contributed by atoms with E-state index in [0.29, 0.717) is 29.3 Å². The molecule has 3 unspecified atom stereocenters. The van der Waals surface area contributed by atoms with Gasteiger partial charge in [0.15, 0.2) is 17.5 Å². The summed E-state index contributed by atoms with van der Waals surface area (Å²) in [7, 11) is 0. The van der Waals surface area contributed by atoms with E-state index in [2.05, 4.69) is 204 Å². The maximum atomic E-state index is 5.20. The fourth-order valence-corrected chi connectivity index (χ4v) is 10.7.